The van der Waals surface area contributed by atoms with Crippen LogP contribution in [0.5, 0.6) is 5.75 Å². The van der Waals surface area contributed by atoms with Gasteiger partial charge in [0.05, 0.1) is 18.2 Å². The molecule has 1 N–H and O–H groups in total. The molecule has 2 heterocycles. The van der Waals surface area contributed by atoms with Crippen LogP contribution >= 0.6 is 11.6 Å². The fraction of sp³-hybridized carbons (Fsp3) is 0.304. The Hall–Kier alpha value is -2.63. The van der Waals surface area contributed by atoms with E-state index in [1.807, 2.05) is 30.3 Å². The summed E-state index contributed by atoms with van der Waals surface area (Å²) in [7, 11) is 1.69. The summed E-state index contributed by atoms with van der Waals surface area (Å²) < 4.78 is 5.31. The zero-order valence-electron chi connectivity index (χ0n) is 16.4. The average molecular weight is 410 g/mol. The monoisotopic (exact) mass is 409 g/mol. The minimum absolute atomic E-state index is 0.109. The Morgan fingerprint density at radius 1 is 1.21 bits per heavy atom. The third kappa shape index (κ3) is 4.69. The molecule has 29 heavy (non-hydrogen) atoms. The van der Waals surface area contributed by atoms with E-state index >= 15 is 0 Å². The second-order valence-corrected chi connectivity index (χ2v) is 7.84. The number of halogens is 1. The molecular weight excluding hydrogens is 386 g/mol. The van der Waals surface area contributed by atoms with E-state index in [1.54, 1.807) is 19.4 Å². The summed E-state index contributed by atoms with van der Waals surface area (Å²) in [5, 5.41) is 4.59. The number of aromatic nitrogens is 1. The number of hydrogen-bond donors (Lipinski definition) is 1. The van der Waals surface area contributed by atoms with Crippen LogP contribution in [0.4, 0.5) is 0 Å². The van der Waals surface area contributed by atoms with E-state index in [9.17, 15) is 4.79 Å². The van der Waals surface area contributed by atoms with Gasteiger partial charge in [0, 0.05) is 42.3 Å². The van der Waals surface area contributed by atoms with Gasteiger partial charge in [0.15, 0.2) is 0 Å². The molecule has 1 aliphatic heterocycles. The predicted molar refractivity (Wildman–Crippen MR) is 116 cm³/mol. The third-order valence-corrected chi connectivity index (χ3v) is 5.60. The molecular formula is C23H24ClN3O2. The number of hydrogen-bond acceptors (Lipinski definition) is 4. The lowest BCUT2D eigenvalue weighted by Crippen LogP contribution is -2.44. The number of amides is 1. The van der Waals surface area contributed by atoms with Crippen molar-refractivity contribution in [1.29, 1.82) is 0 Å². The summed E-state index contributed by atoms with van der Waals surface area (Å²) in [6, 6.07) is 15.6. The topological polar surface area (TPSA) is 54.5 Å². The van der Waals surface area contributed by atoms with Crippen LogP contribution in [0.3, 0.4) is 0 Å². The first-order valence-electron chi connectivity index (χ1n) is 9.83. The van der Waals surface area contributed by atoms with E-state index in [0.717, 1.165) is 43.6 Å². The molecule has 1 aromatic heterocycles. The number of nitrogens with one attached hydrogen (secondary N) is 1. The zero-order chi connectivity index (χ0) is 20.2. The smallest absolute Gasteiger partial charge is 0.253 e. The van der Waals surface area contributed by atoms with Gasteiger partial charge in [-0.1, -0.05) is 29.8 Å². The number of methoxy groups -OCH3 is 1. The van der Waals surface area contributed by atoms with Crippen molar-refractivity contribution in [3.05, 3.63) is 70.9 Å². The average Bonchev–Trinajstić information content (AvgIpc) is 2.74. The van der Waals surface area contributed by atoms with Gasteiger partial charge in [-0.15, -0.1) is 0 Å². The van der Waals surface area contributed by atoms with Crippen molar-refractivity contribution in [3.8, 4) is 5.75 Å². The maximum absolute atomic E-state index is 12.9. The number of likely N-dealkylation sites (tertiary alicyclic amines) is 1. The van der Waals surface area contributed by atoms with Gasteiger partial charge in [-0.05, 0) is 48.7 Å². The van der Waals surface area contributed by atoms with Crippen molar-refractivity contribution in [2.45, 2.75) is 25.4 Å². The molecule has 0 bridgehead atoms. The lowest BCUT2D eigenvalue weighted by molar-refractivity contribution is 0.0910. The highest BCUT2D eigenvalue weighted by atomic mass is 35.5. The van der Waals surface area contributed by atoms with Crippen LogP contribution in [0.25, 0.3) is 10.9 Å². The normalized spacial score (nSPS) is 15.4. The van der Waals surface area contributed by atoms with E-state index in [0.29, 0.717) is 16.1 Å². The van der Waals surface area contributed by atoms with Crippen LogP contribution in [0.15, 0.2) is 54.7 Å². The van der Waals surface area contributed by atoms with Gasteiger partial charge in [0.1, 0.15) is 5.75 Å². The first kappa shape index (κ1) is 19.7. The lowest BCUT2D eigenvalue weighted by atomic mass is 10.0. The van der Waals surface area contributed by atoms with Crippen molar-refractivity contribution < 1.29 is 9.53 Å². The number of carbonyl (C=O) groups is 1. The number of ether oxygens (including phenoxy) is 1. The molecule has 2 aromatic carbocycles. The summed E-state index contributed by atoms with van der Waals surface area (Å²) in [5.41, 5.74) is 2.46. The van der Waals surface area contributed by atoms with E-state index < -0.39 is 0 Å². The Morgan fingerprint density at radius 3 is 2.83 bits per heavy atom. The molecule has 1 saturated heterocycles. The van der Waals surface area contributed by atoms with Gasteiger partial charge >= 0.3 is 0 Å². The SMILES string of the molecule is COc1cccc(CN2CCC(NC(=O)c3cc(Cl)cc4cccnc34)CC2)c1. The highest BCUT2D eigenvalue weighted by Gasteiger charge is 2.22. The Bertz CT molecular complexity index is 1020. The molecule has 1 aliphatic rings. The second kappa shape index (κ2) is 8.80. The molecule has 1 fully saturated rings. The molecule has 0 atom stereocenters. The van der Waals surface area contributed by atoms with Crippen LogP contribution in [-0.2, 0) is 6.54 Å². The van der Waals surface area contributed by atoms with Gasteiger partial charge in [0.25, 0.3) is 5.91 Å². The Balaban J connectivity index is 1.37. The predicted octanol–water partition coefficient (Wildman–Crippen LogP) is 4.29. The Labute approximate surface area is 175 Å². The highest BCUT2D eigenvalue weighted by Crippen LogP contribution is 2.23. The van der Waals surface area contributed by atoms with Crippen molar-refractivity contribution in [3.63, 3.8) is 0 Å². The van der Waals surface area contributed by atoms with Crippen LogP contribution in [0.2, 0.25) is 5.02 Å². The van der Waals surface area contributed by atoms with E-state index in [-0.39, 0.29) is 11.9 Å². The summed E-state index contributed by atoms with van der Waals surface area (Å²) in [6.07, 6.45) is 3.54. The van der Waals surface area contributed by atoms with Crippen molar-refractivity contribution in [2.24, 2.45) is 0 Å². The first-order valence-corrected chi connectivity index (χ1v) is 10.2. The summed E-state index contributed by atoms with van der Waals surface area (Å²) in [6.45, 7) is 2.77. The minimum Gasteiger partial charge on any atom is -0.497 e. The van der Waals surface area contributed by atoms with Gasteiger partial charge in [-0.3, -0.25) is 14.7 Å². The van der Waals surface area contributed by atoms with Crippen molar-refractivity contribution >= 4 is 28.4 Å². The summed E-state index contributed by atoms with van der Waals surface area (Å²) in [4.78, 5) is 19.7. The molecule has 6 heteroatoms. The quantitative estimate of drug-likeness (QED) is 0.683. The standard InChI is InChI=1S/C23H24ClN3O2/c1-29-20-6-2-4-16(12-20)15-27-10-7-19(8-11-27)26-23(28)21-14-18(24)13-17-5-3-9-25-22(17)21/h2-6,9,12-14,19H,7-8,10-11,15H2,1H3,(H,26,28). The molecule has 3 aromatic rings. The minimum atomic E-state index is -0.109. The number of pyridine rings is 1. The largest absolute Gasteiger partial charge is 0.497 e. The number of carbonyl (C=O) groups excluding carboxylic acids is 1. The zero-order valence-corrected chi connectivity index (χ0v) is 17.2. The lowest BCUT2D eigenvalue weighted by Gasteiger charge is -2.32. The highest BCUT2D eigenvalue weighted by molar-refractivity contribution is 6.32. The first-order chi connectivity index (χ1) is 14.1. The molecule has 0 saturated carbocycles. The Kier molecular flexibility index (Phi) is 5.97. The van der Waals surface area contributed by atoms with E-state index in [2.05, 4.69) is 27.3 Å². The Morgan fingerprint density at radius 2 is 2.03 bits per heavy atom. The molecule has 4 rings (SSSR count). The van der Waals surface area contributed by atoms with E-state index in [1.165, 1.54) is 5.56 Å². The molecule has 0 radical (unpaired) electrons. The number of piperidine rings is 1. The third-order valence-electron chi connectivity index (χ3n) is 5.38. The molecule has 150 valence electrons. The van der Waals surface area contributed by atoms with Crippen LogP contribution in [0.1, 0.15) is 28.8 Å². The summed E-state index contributed by atoms with van der Waals surface area (Å²) in [5.74, 6) is 0.773. The molecule has 0 unspecified atom stereocenters. The number of nitrogens with zero attached hydrogens (tertiary/aromatic N) is 2. The fourth-order valence-electron chi connectivity index (χ4n) is 3.86. The summed E-state index contributed by atoms with van der Waals surface area (Å²) >= 11 is 6.21. The van der Waals surface area contributed by atoms with Crippen molar-refractivity contribution in [2.75, 3.05) is 20.2 Å². The second-order valence-electron chi connectivity index (χ2n) is 7.40. The molecule has 5 nitrogen and oxygen atoms in total. The number of fused-ring (bicyclic) bond motifs is 1. The maximum atomic E-state index is 12.9. The number of rotatable bonds is 5. The number of benzene rings is 2. The fourth-order valence-corrected chi connectivity index (χ4v) is 4.08. The van der Waals surface area contributed by atoms with Crippen LogP contribution < -0.4 is 10.1 Å². The molecule has 1 amide bonds. The molecule has 0 spiro atoms. The van der Waals surface area contributed by atoms with Crippen LogP contribution in [-0.4, -0.2) is 42.0 Å². The van der Waals surface area contributed by atoms with Gasteiger partial charge in [-0.2, -0.15) is 0 Å². The van der Waals surface area contributed by atoms with Crippen molar-refractivity contribution in [1.82, 2.24) is 15.2 Å². The van der Waals surface area contributed by atoms with Gasteiger partial charge < -0.3 is 10.1 Å². The van der Waals surface area contributed by atoms with Gasteiger partial charge in [0.2, 0.25) is 0 Å². The van der Waals surface area contributed by atoms with Gasteiger partial charge in [-0.25, -0.2) is 0 Å². The maximum Gasteiger partial charge on any atom is 0.253 e. The molecule has 0 aliphatic carbocycles. The van der Waals surface area contributed by atoms with Crippen LogP contribution in [0, 0.1) is 0 Å². The van der Waals surface area contributed by atoms with E-state index in [4.69, 9.17) is 16.3 Å².